The summed E-state index contributed by atoms with van der Waals surface area (Å²) in [7, 11) is 0. The molecular formula is C3H9AsO4. The van der Waals surface area contributed by atoms with Crippen LogP contribution in [0.2, 0.25) is 0 Å². The maximum atomic E-state index is 9.97. The summed E-state index contributed by atoms with van der Waals surface area (Å²) in [4.78, 5) is 0. The third kappa shape index (κ3) is 6.24. The Morgan fingerprint density at radius 3 is 1.88 bits per heavy atom. The van der Waals surface area contributed by atoms with Crippen molar-refractivity contribution in [2.45, 2.75) is 20.0 Å². The van der Waals surface area contributed by atoms with Gasteiger partial charge in [0.05, 0.1) is 0 Å². The molecule has 0 radical (unpaired) electrons. The quantitative estimate of drug-likeness (QED) is 0.554. The van der Waals surface area contributed by atoms with Crippen molar-refractivity contribution in [3.8, 4) is 0 Å². The first-order valence-corrected chi connectivity index (χ1v) is 5.37. The van der Waals surface area contributed by atoms with E-state index in [-0.39, 0.29) is 0 Å². The predicted molar refractivity (Wildman–Crippen MR) is 27.1 cm³/mol. The monoisotopic (exact) mass is 184 g/mol. The molecule has 50 valence electrons. The Balaban J connectivity index is 3.56. The summed E-state index contributed by atoms with van der Waals surface area (Å²) >= 11 is -4.77. The van der Waals surface area contributed by atoms with Crippen molar-refractivity contribution in [2.75, 3.05) is 0 Å². The van der Waals surface area contributed by atoms with E-state index in [1.54, 1.807) is 13.8 Å². The van der Waals surface area contributed by atoms with E-state index >= 15 is 0 Å². The van der Waals surface area contributed by atoms with Gasteiger partial charge in [0.25, 0.3) is 0 Å². The molecule has 2 N–H and O–H groups in total. The topological polar surface area (TPSA) is 66.8 Å². The molecule has 0 aromatic heterocycles. The van der Waals surface area contributed by atoms with E-state index in [9.17, 15) is 3.74 Å². The molecule has 0 rings (SSSR count). The van der Waals surface area contributed by atoms with Crippen LogP contribution in [0.3, 0.4) is 0 Å². The van der Waals surface area contributed by atoms with Crippen molar-refractivity contribution in [1.82, 2.24) is 0 Å². The SMILES string of the molecule is CC(C)O[As](=O)(O)O. The summed E-state index contributed by atoms with van der Waals surface area (Å²) in [5.74, 6) is 0. The first kappa shape index (κ1) is 8.24. The van der Waals surface area contributed by atoms with Gasteiger partial charge in [-0.1, -0.05) is 0 Å². The summed E-state index contributed by atoms with van der Waals surface area (Å²) < 4.78 is 30.4. The normalized spacial score (nSPS) is 12.6. The Hall–Kier alpha value is 0.238. The second-order valence-electron chi connectivity index (χ2n) is 1.64. The minimum absolute atomic E-state index is 0.394. The van der Waals surface area contributed by atoms with E-state index in [0.29, 0.717) is 0 Å². The summed E-state index contributed by atoms with van der Waals surface area (Å²) in [5, 5.41) is 0. The summed E-state index contributed by atoms with van der Waals surface area (Å²) in [5.41, 5.74) is 0. The summed E-state index contributed by atoms with van der Waals surface area (Å²) in [6.45, 7) is 3.14. The Kier molecular flexibility index (Phi) is 2.77. The van der Waals surface area contributed by atoms with E-state index in [1.807, 2.05) is 0 Å². The first-order chi connectivity index (χ1) is 3.42. The van der Waals surface area contributed by atoms with Crippen molar-refractivity contribution in [3.05, 3.63) is 0 Å². The molecule has 0 aliphatic rings. The van der Waals surface area contributed by atoms with Crippen LogP contribution in [0.5, 0.6) is 0 Å². The molecule has 0 aliphatic heterocycles. The zero-order chi connectivity index (χ0) is 6.78. The first-order valence-electron chi connectivity index (χ1n) is 2.16. The zero-order valence-electron chi connectivity index (χ0n) is 4.74. The molecule has 0 heterocycles. The van der Waals surface area contributed by atoms with Gasteiger partial charge in [0.15, 0.2) is 0 Å². The van der Waals surface area contributed by atoms with Gasteiger partial charge in [0, 0.05) is 0 Å². The standard InChI is InChI=1S/C3H9AsO4/c1-3(2)8-4(5,6)7/h3H,1-2H3,(H2,5,6,7). The zero-order valence-corrected chi connectivity index (χ0v) is 6.61. The predicted octanol–water partition coefficient (Wildman–Crippen LogP) is -0.738. The molecule has 0 aromatic carbocycles. The van der Waals surface area contributed by atoms with E-state index in [0.717, 1.165) is 0 Å². The van der Waals surface area contributed by atoms with Crippen LogP contribution in [-0.2, 0) is 7.47 Å². The van der Waals surface area contributed by atoms with Crippen LogP contribution >= 0.6 is 0 Å². The van der Waals surface area contributed by atoms with E-state index < -0.39 is 20.6 Å². The maximum absolute atomic E-state index is 9.97. The second-order valence-corrected chi connectivity index (χ2v) is 4.15. The fourth-order valence-corrected chi connectivity index (χ4v) is 1.43. The van der Waals surface area contributed by atoms with Crippen molar-refractivity contribution >= 4 is 14.5 Å². The second kappa shape index (κ2) is 2.69. The molecule has 0 aliphatic carbocycles. The Labute approximate surface area is 50.8 Å². The molecule has 0 bridgehead atoms. The van der Waals surface area contributed by atoms with Gasteiger partial charge >= 0.3 is 50.1 Å². The van der Waals surface area contributed by atoms with Gasteiger partial charge in [-0.3, -0.25) is 0 Å². The molecule has 0 saturated carbocycles. The third-order valence-corrected chi connectivity index (χ3v) is 1.81. The van der Waals surface area contributed by atoms with E-state index in [1.165, 1.54) is 0 Å². The molecule has 0 saturated heterocycles. The number of hydrogen-bond acceptors (Lipinski definition) is 2. The summed E-state index contributed by atoms with van der Waals surface area (Å²) in [6.07, 6.45) is -0.394. The summed E-state index contributed by atoms with van der Waals surface area (Å²) in [6, 6.07) is 0. The number of rotatable bonds is 2. The van der Waals surface area contributed by atoms with Gasteiger partial charge in [0.1, 0.15) is 0 Å². The minimum atomic E-state index is -4.77. The molecule has 0 atom stereocenters. The van der Waals surface area contributed by atoms with Crippen molar-refractivity contribution in [2.24, 2.45) is 0 Å². The molecule has 8 heavy (non-hydrogen) atoms. The van der Waals surface area contributed by atoms with Crippen LogP contribution in [0.1, 0.15) is 13.8 Å². The van der Waals surface area contributed by atoms with Crippen LogP contribution in [-0.4, -0.2) is 28.8 Å². The Morgan fingerprint density at radius 1 is 1.50 bits per heavy atom. The molecule has 0 spiro atoms. The molecular weight excluding hydrogens is 175 g/mol. The van der Waals surface area contributed by atoms with Crippen molar-refractivity contribution < 1.29 is 15.7 Å². The van der Waals surface area contributed by atoms with E-state index in [4.69, 9.17) is 8.19 Å². The molecule has 0 amide bonds. The van der Waals surface area contributed by atoms with Gasteiger partial charge in [-0.2, -0.15) is 0 Å². The van der Waals surface area contributed by atoms with Crippen LogP contribution in [0.15, 0.2) is 0 Å². The average Bonchev–Trinajstić information content (AvgIpc) is 1.21. The van der Waals surface area contributed by atoms with E-state index in [2.05, 4.69) is 3.73 Å². The van der Waals surface area contributed by atoms with Crippen molar-refractivity contribution in [3.63, 3.8) is 0 Å². The fourth-order valence-electron chi connectivity index (χ4n) is 0.275. The average molecular weight is 184 g/mol. The van der Waals surface area contributed by atoms with Crippen LogP contribution in [0.25, 0.3) is 0 Å². The fraction of sp³-hybridized carbons (Fsp3) is 1.00. The number of hydrogen-bond donors (Lipinski definition) is 2. The molecule has 5 heteroatoms. The molecule has 0 unspecified atom stereocenters. The molecule has 0 fully saturated rings. The van der Waals surface area contributed by atoms with Crippen LogP contribution < -0.4 is 0 Å². The van der Waals surface area contributed by atoms with Gasteiger partial charge in [-0.25, -0.2) is 0 Å². The van der Waals surface area contributed by atoms with Crippen molar-refractivity contribution in [1.29, 1.82) is 0 Å². The van der Waals surface area contributed by atoms with Gasteiger partial charge in [-0.15, -0.1) is 0 Å². The Bertz CT molecular complexity index is 104. The third-order valence-electron chi connectivity index (χ3n) is 0.348. The van der Waals surface area contributed by atoms with Gasteiger partial charge < -0.3 is 0 Å². The van der Waals surface area contributed by atoms with Gasteiger partial charge in [0.2, 0.25) is 0 Å². The van der Waals surface area contributed by atoms with Crippen LogP contribution in [0.4, 0.5) is 0 Å². The van der Waals surface area contributed by atoms with Crippen LogP contribution in [0, 0.1) is 0 Å². The molecule has 0 aromatic rings. The Morgan fingerprint density at radius 2 is 1.88 bits per heavy atom. The van der Waals surface area contributed by atoms with Gasteiger partial charge in [-0.05, 0) is 0 Å². The molecule has 4 nitrogen and oxygen atoms in total.